The number of carbonyl (C=O) groups is 1. The van der Waals surface area contributed by atoms with Crippen LogP contribution >= 0.6 is 0 Å². The van der Waals surface area contributed by atoms with Crippen molar-refractivity contribution in [3.8, 4) is 0 Å². The highest BCUT2D eigenvalue weighted by Crippen LogP contribution is 2.25. The highest BCUT2D eigenvalue weighted by Gasteiger charge is 2.29. The second-order valence-electron chi connectivity index (χ2n) is 3.04. The van der Waals surface area contributed by atoms with Crippen LogP contribution in [0.4, 0.5) is 4.39 Å². The molecule has 0 aromatic rings. The van der Waals surface area contributed by atoms with Gasteiger partial charge in [-0.25, -0.2) is 4.79 Å². The molecular weight excluding hydrogens is 171 g/mol. The lowest BCUT2D eigenvalue weighted by atomic mass is 9.94. The molecule has 0 radical (unpaired) electrons. The summed E-state index contributed by atoms with van der Waals surface area (Å²) in [6, 6.07) is 0. The van der Waals surface area contributed by atoms with Crippen LogP contribution < -0.4 is 0 Å². The van der Waals surface area contributed by atoms with E-state index >= 15 is 0 Å². The van der Waals surface area contributed by atoms with Gasteiger partial charge in [0, 0.05) is 0 Å². The number of carbonyl (C=O) groups excluding carboxylic acids is 1. The predicted molar refractivity (Wildman–Crippen MR) is 49.9 cm³/mol. The molecule has 13 heavy (non-hydrogen) atoms. The second kappa shape index (κ2) is 5.00. The standard InChI is InChI=1S/C10H17FO2/c1-5-10(6-2,7-3)13-9(12)8(4)11/h4-7H2,1-3H3. The van der Waals surface area contributed by atoms with Crippen molar-refractivity contribution >= 4 is 5.97 Å². The van der Waals surface area contributed by atoms with E-state index in [9.17, 15) is 9.18 Å². The summed E-state index contributed by atoms with van der Waals surface area (Å²) in [5.41, 5.74) is -0.522. The molecule has 0 rings (SSSR count). The number of hydrogen-bond acceptors (Lipinski definition) is 2. The SMILES string of the molecule is C=C(F)C(=O)OC(CC)(CC)CC. The van der Waals surface area contributed by atoms with Crippen molar-refractivity contribution in [3.05, 3.63) is 12.4 Å². The molecule has 0 spiro atoms. The Labute approximate surface area is 78.8 Å². The minimum atomic E-state index is -1.03. The van der Waals surface area contributed by atoms with Gasteiger partial charge in [-0.1, -0.05) is 27.4 Å². The zero-order chi connectivity index (χ0) is 10.5. The van der Waals surface area contributed by atoms with Gasteiger partial charge in [0.25, 0.3) is 0 Å². The van der Waals surface area contributed by atoms with Crippen molar-refractivity contribution in [1.29, 1.82) is 0 Å². The van der Waals surface area contributed by atoms with Gasteiger partial charge in [-0.3, -0.25) is 0 Å². The van der Waals surface area contributed by atoms with Crippen LogP contribution in [0.3, 0.4) is 0 Å². The number of esters is 1. The van der Waals surface area contributed by atoms with Crippen LogP contribution in [0, 0.1) is 0 Å². The summed E-state index contributed by atoms with van der Waals surface area (Å²) in [7, 11) is 0. The molecule has 0 aliphatic rings. The summed E-state index contributed by atoms with van der Waals surface area (Å²) >= 11 is 0. The average molecular weight is 188 g/mol. The van der Waals surface area contributed by atoms with Crippen LogP contribution in [0.15, 0.2) is 12.4 Å². The maximum absolute atomic E-state index is 12.4. The van der Waals surface area contributed by atoms with Gasteiger partial charge in [-0.05, 0) is 19.3 Å². The van der Waals surface area contributed by atoms with E-state index in [1.54, 1.807) is 0 Å². The lowest BCUT2D eigenvalue weighted by Gasteiger charge is -2.29. The molecule has 0 amide bonds. The first kappa shape index (κ1) is 12.1. The van der Waals surface area contributed by atoms with Crippen LogP contribution in [0.5, 0.6) is 0 Å². The first-order valence-corrected chi connectivity index (χ1v) is 4.59. The van der Waals surface area contributed by atoms with Crippen molar-refractivity contribution in [1.82, 2.24) is 0 Å². The van der Waals surface area contributed by atoms with E-state index < -0.39 is 17.4 Å². The van der Waals surface area contributed by atoms with E-state index in [1.807, 2.05) is 20.8 Å². The van der Waals surface area contributed by atoms with Gasteiger partial charge in [-0.15, -0.1) is 0 Å². The Morgan fingerprint density at radius 2 is 1.69 bits per heavy atom. The molecule has 0 fully saturated rings. The van der Waals surface area contributed by atoms with Crippen molar-refractivity contribution < 1.29 is 13.9 Å². The third kappa shape index (κ3) is 3.17. The average Bonchev–Trinajstić information content (AvgIpc) is 2.14. The van der Waals surface area contributed by atoms with E-state index in [4.69, 9.17) is 4.74 Å². The number of ether oxygens (including phenoxy) is 1. The molecule has 0 aliphatic carbocycles. The monoisotopic (exact) mass is 188 g/mol. The molecule has 0 N–H and O–H groups in total. The third-order valence-electron chi connectivity index (χ3n) is 2.46. The highest BCUT2D eigenvalue weighted by molar-refractivity contribution is 5.85. The smallest absolute Gasteiger partial charge is 0.367 e. The van der Waals surface area contributed by atoms with Crippen LogP contribution in [0.2, 0.25) is 0 Å². The maximum atomic E-state index is 12.4. The molecule has 0 saturated carbocycles. The zero-order valence-corrected chi connectivity index (χ0v) is 8.52. The predicted octanol–water partition coefficient (Wildman–Crippen LogP) is 2.98. The Balaban J connectivity index is 4.42. The van der Waals surface area contributed by atoms with E-state index in [0.29, 0.717) is 19.3 Å². The maximum Gasteiger partial charge on any atom is 0.367 e. The fourth-order valence-corrected chi connectivity index (χ4v) is 1.22. The first-order chi connectivity index (χ1) is 6.01. The fraction of sp³-hybridized carbons (Fsp3) is 0.700. The van der Waals surface area contributed by atoms with E-state index in [2.05, 4.69) is 6.58 Å². The van der Waals surface area contributed by atoms with Crippen molar-refractivity contribution in [3.63, 3.8) is 0 Å². The summed E-state index contributed by atoms with van der Waals surface area (Å²) in [4.78, 5) is 10.9. The molecule has 0 aromatic heterocycles. The lowest BCUT2D eigenvalue weighted by molar-refractivity contribution is -0.158. The van der Waals surface area contributed by atoms with Crippen molar-refractivity contribution in [2.75, 3.05) is 0 Å². The van der Waals surface area contributed by atoms with Gasteiger partial charge in [0.05, 0.1) is 0 Å². The lowest BCUT2D eigenvalue weighted by Crippen LogP contribution is -2.33. The Hall–Kier alpha value is -0.860. The number of halogens is 1. The van der Waals surface area contributed by atoms with E-state index in [1.165, 1.54) is 0 Å². The molecule has 0 saturated heterocycles. The van der Waals surface area contributed by atoms with Crippen LogP contribution in [0.25, 0.3) is 0 Å². The summed E-state index contributed by atoms with van der Waals surface area (Å²) < 4.78 is 17.4. The Morgan fingerprint density at radius 1 is 1.31 bits per heavy atom. The Morgan fingerprint density at radius 3 is 1.92 bits per heavy atom. The van der Waals surface area contributed by atoms with Gasteiger partial charge in [0.2, 0.25) is 5.83 Å². The number of hydrogen-bond donors (Lipinski definition) is 0. The summed E-state index contributed by atoms with van der Waals surface area (Å²) in [5, 5.41) is 0. The minimum Gasteiger partial charge on any atom is -0.454 e. The first-order valence-electron chi connectivity index (χ1n) is 4.59. The molecule has 76 valence electrons. The quantitative estimate of drug-likeness (QED) is 0.489. The third-order valence-corrected chi connectivity index (χ3v) is 2.46. The van der Waals surface area contributed by atoms with Crippen LogP contribution in [-0.2, 0) is 9.53 Å². The Kier molecular flexibility index (Phi) is 4.67. The molecule has 0 aromatic carbocycles. The normalized spacial score (nSPS) is 11.1. The molecular formula is C10H17FO2. The highest BCUT2D eigenvalue weighted by atomic mass is 19.1. The molecule has 0 heterocycles. The molecule has 0 aliphatic heterocycles. The van der Waals surface area contributed by atoms with Crippen LogP contribution in [0.1, 0.15) is 40.0 Å². The van der Waals surface area contributed by atoms with Crippen LogP contribution in [-0.4, -0.2) is 11.6 Å². The topological polar surface area (TPSA) is 26.3 Å². The zero-order valence-electron chi connectivity index (χ0n) is 8.52. The molecule has 0 unspecified atom stereocenters. The van der Waals surface area contributed by atoms with Gasteiger partial charge in [-0.2, -0.15) is 4.39 Å². The molecule has 2 nitrogen and oxygen atoms in total. The molecule has 3 heteroatoms. The largest absolute Gasteiger partial charge is 0.454 e. The summed E-state index contributed by atoms with van der Waals surface area (Å²) in [6.07, 6.45) is 2.08. The summed E-state index contributed by atoms with van der Waals surface area (Å²) in [5.74, 6) is -1.97. The van der Waals surface area contributed by atoms with Gasteiger partial charge in [0.15, 0.2) is 0 Å². The van der Waals surface area contributed by atoms with Crippen molar-refractivity contribution in [2.24, 2.45) is 0 Å². The molecule has 0 atom stereocenters. The Bertz CT molecular complexity index is 187. The van der Waals surface area contributed by atoms with Gasteiger partial charge < -0.3 is 4.74 Å². The minimum absolute atomic E-state index is 0.522. The van der Waals surface area contributed by atoms with Crippen molar-refractivity contribution in [2.45, 2.75) is 45.6 Å². The van der Waals surface area contributed by atoms with E-state index in [0.717, 1.165) is 0 Å². The van der Waals surface area contributed by atoms with Gasteiger partial charge in [0.1, 0.15) is 5.60 Å². The molecule has 0 bridgehead atoms. The summed E-state index contributed by atoms with van der Waals surface area (Å²) in [6.45, 7) is 8.65. The fourth-order valence-electron chi connectivity index (χ4n) is 1.22. The second-order valence-corrected chi connectivity index (χ2v) is 3.04. The van der Waals surface area contributed by atoms with E-state index in [-0.39, 0.29) is 0 Å². The number of rotatable bonds is 5. The van der Waals surface area contributed by atoms with Gasteiger partial charge >= 0.3 is 5.97 Å².